The van der Waals surface area contributed by atoms with Crippen molar-refractivity contribution in [2.24, 2.45) is 0 Å². The van der Waals surface area contributed by atoms with Crippen molar-refractivity contribution < 1.29 is 38.7 Å². The number of nitrogens with zero attached hydrogens (tertiary/aromatic N) is 5. The van der Waals surface area contributed by atoms with E-state index in [1.807, 2.05) is 11.8 Å². The van der Waals surface area contributed by atoms with Crippen molar-refractivity contribution in [2.75, 3.05) is 37.7 Å². The number of hydrogen-bond donors (Lipinski definition) is 5. The fourth-order valence-electron chi connectivity index (χ4n) is 9.08. The number of ether oxygens (including phenoxy) is 2. The standard InChI is InChI=1S/C36H42F2N6O6/c1-3-24-27(37)7-6-21-14-23(45)15-25(28(21)24)30-29(38)31-26(16-39-30)32(41-33(40-31)49-19-34-9-4-12-44(34)13-5-10-34)43-17-22-8-11-35(18-43,42-22)20(2)50-36(46,47)48/h6-7,14-16,20,22,42,45-48H,3-5,8-13,17-19H2,1-2H3. The number of halogens is 2. The first kappa shape index (κ1) is 33.4. The maximum atomic E-state index is 17.1. The van der Waals surface area contributed by atoms with E-state index in [1.165, 1.54) is 24.4 Å². The van der Waals surface area contributed by atoms with E-state index in [0.29, 0.717) is 53.5 Å². The number of hydrogen-bond acceptors (Lipinski definition) is 12. The molecule has 12 nitrogen and oxygen atoms in total. The van der Waals surface area contributed by atoms with Crippen molar-refractivity contribution in [3.05, 3.63) is 47.7 Å². The first-order valence-electron chi connectivity index (χ1n) is 17.4. The Labute approximate surface area is 287 Å². The van der Waals surface area contributed by atoms with Gasteiger partial charge in [0.15, 0.2) is 5.82 Å². The van der Waals surface area contributed by atoms with Gasteiger partial charge in [-0.15, -0.1) is 0 Å². The van der Waals surface area contributed by atoms with E-state index in [2.05, 4.69) is 20.2 Å². The zero-order valence-electron chi connectivity index (χ0n) is 28.1. The zero-order chi connectivity index (χ0) is 35.0. The quantitative estimate of drug-likeness (QED) is 0.162. The van der Waals surface area contributed by atoms with Gasteiger partial charge in [0.1, 0.15) is 35.2 Å². The minimum absolute atomic E-state index is 0.0158. The predicted molar refractivity (Wildman–Crippen MR) is 181 cm³/mol. The molecule has 5 N–H and O–H groups in total. The lowest BCUT2D eigenvalue weighted by molar-refractivity contribution is -0.468. The normalized spacial score (nSPS) is 24.0. The number of phenolic OH excluding ortho intramolecular Hbond substituents is 1. The number of benzene rings is 2. The zero-order valence-corrected chi connectivity index (χ0v) is 28.1. The van der Waals surface area contributed by atoms with Crippen LogP contribution in [0, 0.1) is 11.6 Å². The summed E-state index contributed by atoms with van der Waals surface area (Å²) < 4.78 is 43.7. The number of fused-ring (bicyclic) bond motifs is 5. The highest BCUT2D eigenvalue weighted by molar-refractivity contribution is 6.01. The summed E-state index contributed by atoms with van der Waals surface area (Å²) in [6, 6.07) is 5.80. The summed E-state index contributed by atoms with van der Waals surface area (Å²) in [5.74, 6) is -0.903. The molecule has 0 aliphatic carbocycles. The number of aliphatic hydroxyl groups is 3. The molecule has 3 unspecified atom stereocenters. The molecule has 4 aromatic rings. The molecule has 0 radical (unpaired) electrons. The molecule has 0 spiro atoms. The topological polar surface area (TPSA) is 157 Å². The lowest BCUT2D eigenvalue weighted by Crippen LogP contribution is -2.66. The second-order valence-corrected chi connectivity index (χ2v) is 14.4. The summed E-state index contributed by atoms with van der Waals surface area (Å²) >= 11 is 0. The monoisotopic (exact) mass is 692 g/mol. The predicted octanol–water partition coefficient (Wildman–Crippen LogP) is 3.70. The summed E-state index contributed by atoms with van der Waals surface area (Å²) in [6.07, 6.45) is 3.23. The number of aromatic nitrogens is 3. The average Bonchev–Trinajstić information content (AvgIpc) is 3.75. The van der Waals surface area contributed by atoms with Crippen LogP contribution in [-0.2, 0) is 11.2 Å². The number of piperazine rings is 1. The molecule has 0 amide bonds. The molecule has 4 saturated heterocycles. The SMILES string of the molecule is CCc1c(F)ccc2cc(O)cc(-c3ncc4c(N5CC6CCC(C(C)OC(O)(O)O)(C5)N6)nc(OCC56CCCN5CCC6)nc4c3F)c12. The lowest BCUT2D eigenvalue weighted by Gasteiger charge is -2.45. The number of phenols is 1. The van der Waals surface area contributed by atoms with E-state index in [-0.39, 0.29) is 46.7 Å². The van der Waals surface area contributed by atoms with E-state index < -0.39 is 29.4 Å². The van der Waals surface area contributed by atoms with Crippen LogP contribution < -0.4 is 15.0 Å². The van der Waals surface area contributed by atoms with Gasteiger partial charge in [-0.05, 0) is 99.5 Å². The smallest absolute Gasteiger partial charge is 0.405 e. The van der Waals surface area contributed by atoms with Crippen molar-refractivity contribution in [1.82, 2.24) is 25.2 Å². The molecule has 4 aliphatic rings. The number of nitrogens with one attached hydrogen (secondary N) is 1. The van der Waals surface area contributed by atoms with Gasteiger partial charge < -0.3 is 35.4 Å². The molecule has 6 heterocycles. The van der Waals surface area contributed by atoms with Crippen LogP contribution in [0.2, 0.25) is 0 Å². The van der Waals surface area contributed by atoms with Gasteiger partial charge >= 0.3 is 12.2 Å². The Balaban J connectivity index is 1.26. The molecule has 266 valence electrons. The number of aromatic hydroxyl groups is 1. The lowest BCUT2D eigenvalue weighted by atomic mass is 9.90. The van der Waals surface area contributed by atoms with Gasteiger partial charge in [-0.1, -0.05) is 13.0 Å². The number of rotatable bonds is 9. The minimum atomic E-state index is -3.31. The van der Waals surface area contributed by atoms with Crippen LogP contribution >= 0.6 is 0 Å². The van der Waals surface area contributed by atoms with E-state index in [0.717, 1.165) is 45.2 Å². The summed E-state index contributed by atoms with van der Waals surface area (Å²) in [5, 5.41) is 44.4. The Kier molecular flexibility index (Phi) is 8.12. The number of anilines is 1. The van der Waals surface area contributed by atoms with Gasteiger partial charge in [0.2, 0.25) is 0 Å². The van der Waals surface area contributed by atoms with E-state index in [1.54, 1.807) is 13.0 Å². The van der Waals surface area contributed by atoms with Crippen LogP contribution in [0.15, 0.2) is 30.5 Å². The van der Waals surface area contributed by atoms with Crippen molar-refractivity contribution in [3.63, 3.8) is 0 Å². The maximum absolute atomic E-state index is 17.1. The summed E-state index contributed by atoms with van der Waals surface area (Å²) in [4.78, 5) is 18.5. The fourth-order valence-corrected chi connectivity index (χ4v) is 9.08. The molecular formula is C36H42F2N6O6. The third-order valence-electron chi connectivity index (χ3n) is 11.4. The molecule has 0 saturated carbocycles. The van der Waals surface area contributed by atoms with Gasteiger partial charge in [0, 0.05) is 30.9 Å². The summed E-state index contributed by atoms with van der Waals surface area (Å²) in [6.45, 7) is 6.63. The van der Waals surface area contributed by atoms with Gasteiger partial charge in [-0.3, -0.25) is 14.6 Å². The van der Waals surface area contributed by atoms with Crippen LogP contribution in [0.3, 0.4) is 0 Å². The number of aryl methyl sites for hydroxylation is 1. The summed E-state index contributed by atoms with van der Waals surface area (Å²) in [7, 11) is 0. The van der Waals surface area contributed by atoms with Crippen LogP contribution in [0.5, 0.6) is 11.8 Å². The maximum Gasteiger partial charge on any atom is 0.405 e. The first-order chi connectivity index (χ1) is 23.9. The van der Waals surface area contributed by atoms with E-state index in [9.17, 15) is 20.4 Å². The second kappa shape index (κ2) is 12.2. The van der Waals surface area contributed by atoms with Crippen molar-refractivity contribution in [1.29, 1.82) is 0 Å². The van der Waals surface area contributed by atoms with E-state index >= 15 is 8.78 Å². The Morgan fingerprint density at radius 3 is 2.62 bits per heavy atom. The molecule has 14 heteroatoms. The van der Waals surface area contributed by atoms with Crippen LogP contribution in [0.4, 0.5) is 14.6 Å². The highest BCUT2D eigenvalue weighted by Gasteiger charge is 2.51. The Morgan fingerprint density at radius 2 is 1.88 bits per heavy atom. The fraction of sp³-hybridized carbons (Fsp3) is 0.528. The van der Waals surface area contributed by atoms with Crippen molar-refractivity contribution >= 4 is 27.5 Å². The van der Waals surface area contributed by atoms with Gasteiger partial charge in [0.05, 0.1) is 22.6 Å². The third-order valence-corrected chi connectivity index (χ3v) is 11.4. The minimum Gasteiger partial charge on any atom is -0.508 e. The molecule has 3 atom stereocenters. The third kappa shape index (κ3) is 5.62. The Bertz CT molecular complexity index is 1970. The van der Waals surface area contributed by atoms with Crippen molar-refractivity contribution in [3.8, 4) is 23.0 Å². The van der Waals surface area contributed by atoms with Crippen LogP contribution in [0.1, 0.15) is 57.9 Å². The largest absolute Gasteiger partial charge is 0.508 e. The average molecular weight is 693 g/mol. The summed E-state index contributed by atoms with van der Waals surface area (Å²) in [5.41, 5.74) is -0.389. The first-order valence-corrected chi connectivity index (χ1v) is 17.4. The molecule has 2 aromatic carbocycles. The number of pyridine rings is 1. The van der Waals surface area contributed by atoms with E-state index in [4.69, 9.17) is 14.5 Å². The molecule has 8 rings (SSSR count). The Morgan fingerprint density at radius 1 is 1.10 bits per heavy atom. The van der Waals surface area contributed by atoms with Gasteiger partial charge in [0.25, 0.3) is 0 Å². The molecular weight excluding hydrogens is 650 g/mol. The molecule has 4 aliphatic heterocycles. The molecule has 2 bridgehead atoms. The molecule has 2 aromatic heterocycles. The highest BCUT2D eigenvalue weighted by Crippen LogP contribution is 2.43. The van der Waals surface area contributed by atoms with Crippen LogP contribution in [-0.4, -0.2) is 102 Å². The highest BCUT2D eigenvalue weighted by atomic mass is 19.1. The van der Waals surface area contributed by atoms with Crippen LogP contribution in [0.25, 0.3) is 32.9 Å². The van der Waals surface area contributed by atoms with Crippen molar-refractivity contribution in [2.45, 2.75) is 88.2 Å². The Hall–Kier alpha value is -3.79. The van der Waals surface area contributed by atoms with Gasteiger partial charge in [-0.2, -0.15) is 9.97 Å². The second-order valence-electron chi connectivity index (χ2n) is 14.4. The molecule has 50 heavy (non-hydrogen) atoms. The molecule has 4 fully saturated rings. The van der Waals surface area contributed by atoms with Gasteiger partial charge in [-0.25, -0.2) is 8.78 Å².